The molecule has 0 saturated carbocycles. The second-order valence-corrected chi connectivity index (χ2v) is 8.73. The van der Waals surface area contributed by atoms with E-state index in [4.69, 9.17) is 0 Å². The summed E-state index contributed by atoms with van der Waals surface area (Å²) >= 11 is 1.40. The molecular weight excluding hydrogens is 354 g/mol. The van der Waals surface area contributed by atoms with E-state index in [0.29, 0.717) is 0 Å². The van der Waals surface area contributed by atoms with Crippen LogP contribution in [-0.2, 0) is 16.6 Å². The molecule has 130 valence electrons. The fourth-order valence-corrected chi connectivity index (χ4v) is 4.64. The van der Waals surface area contributed by atoms with Crippen molar-refractivity contribution in [3.05, 3.63) is 87.6 Å². The Balaban J connectivity index is 1.70. The van der Waals surface area contributed by atoms with Crippen molar-refractivity contribution in [1.82, 2.24) is 4.72 Å². The van der Waals surface area contributed by atoms with Crippen molar-refractivity contribution in [3.8, 4) is 0 Å². The van der Waals surface area contributed by atoms with E-state index in [1.807, 2.05) is 55.5 Å². The lowest BCUT2D eigenvalue weighted by Gasteiger charge is -2.08. The lowest BCUT2D eigenvalue weighted by Crippen LogP contribution is -2.22. The number of thiophene rings is 1. The summed E-state index contributed by atoms with van der Waals surface area (Å²) in [6, 6.07) is 19.9. The number of aryl methyl sites for hydroxylation is 1. The molecule has 3 rings (SSSR count). The van der Waals surface area contributed by atoms with Gasteiger partial charge in [-0.2, -0.15) is 0 Å². The zero-order valence-corrected chi connectivity index (χ0v) is 15.3. The molecule has 1 aromatic heterocycles. The molecule has 0 bridgehead atoms. The smallest absolute Gasteiger partial charge is 0.240 e. The molecule has 4 nitrogen and oxygen atoms in total. The van der Waals surface area contributed by atoms with Crippen molar-refractivity contribution in [2.75, 3.05) is 0 Å². The zero-order chi connectivity index (χ0) is 17.9. The highest BCUT2D eigenvalue weighted by atomic mass is 32.2. The summed E-state index contributed by atoms with van der Waals surface area (Å²) in [6.07, 6.45) is -0.701. The monoisotopic (exact) mass is 373 g/mol. The Morgan fingerprint density at radius 3 is 2.52 bits per heavy atom. The molecular formula is C19H19NO3S2. The van der Waals surface area contributed by atoms with E-state index in [-0.39, 0.29) is 11.4 Å². The number of aliphatic hydroxyl groups excluding tert-OH is 1. The Hall–Kier alpha value is -1.99. The Labute approximate surface area is 151 Å². The Bertz CT molecular complexity index is 950. The third-order valence-corrected chi connectivity index (χ3v) is 6.34. The van der Waals surface area contributed by atoms with Crippen LogP contribution in [0.15, 0.2) is 71.6 Å². The van der Waals surface area contributed by atoms with E-state index in [9.17, 15) is 13.5 Å². The number of benzene rings is 2. The molecule has 0 radical (unpaired) electrons. The number of nitrogens with one attached hydrogen (secondary N) is 1. The minimum absolute atomic E-state index is 0.197. The van der Waals surface area contributed by atoms with Crippen LogP contribution in [0, 0.1) is 6.92 Å². The molecule has 2 aromatic carbocycles. The molecule has 0 spiro atoms. The van der Waals surface area contributed by atoms with Crippen LogP contribution in [0.2, 0.25) is 0 Å². The van der Waals surface area contributed by atoms with Gasteiger partial charge in [0.25, 0.3) is 0 Å². The van der Waals surface area contributed by atoms with Crippen molar-refractivity contribution in [2.45, 2.75) is 24.5 Å². The van der Waals surface area contributed by atoms with E-state index < -0.39 is 16.1 Å². The number of rotatable bonds is 6. The third-order valence-electron chi connectivity index (χ3n) is 3.80. The number of hydrogen-bond acceptors (Lipinski definition) is 4. The van der Waals surface area contributed by atoms with E-state index >= 15 is 0 Å². The molecule has 0 amide bonds. The molecule has 0 aliphatic rings. The van der Waals surface area contributed by atoms with Crippen LogP contribution < -0.4 is 4.72 Å². The second kappa shape index (κ2) is 7.49. The Kier molecular flexibility index (Phi) is 5.34. The molecule has 0 aliphatic carbocycles. The standard InChI is InChI=1S/C19H19NO3S2/c1-14-6-5-9-17(12-14)25(22,23)20-13-16-10-11-18(24-16)19(21)15-7-3-2-4-8-15/h2-12,19-21H,13H2,1H3. The van der Waals surface area contributed by atoms with Crippen LogP contribution in [0.3, 0.4) is 0 Å². The van der Waals surface area contributed by atoms with Crippen LogP contribution in [0.1, 0.15) is 27.0 Å². The van der Waals surface area contributed by atoms with Gasteiger partial charge < -0.3 is 5.11 Å². The van der Waals surface area contributed by atoms with Gasteiger partial charge in [-0.25, -0.2) is 13.1 Å². The number of hydrogen-bond donors (Lipinski definition) is 2. The highest BCUT2D eigenvalue weighted by Gasteiger charge is 2.16. The van der Waals surface area contributed by atoms with Crippen molar-refractivity contribution in [2.24, 2.45) is 0 Å². The van der Waals surface area contributed by atoms with Crippen LogP contribution in [0.4, 0.5) is 0 Å². The summed E-state index contributed by atoms with van der Waals surface area (Å²) < 4.78 is 27.3. The molecule has 1 heterocycles. The fraction of sp³-hybridized carbons (Fsp3) is 0.158. The highest BCUT2D eigenvalue weighted by molar-refractivity contribution is 7.89. The van der Waals surface area contributed by atoms with Gasteiger partial charge in [-0.15, -0.1) is 11.3 Å². The molecule has 2 N–H and O–H groups in total. The average molecular weight is 373 g/mol. The van der Waals surface area contributed by atoms with E-state index in [1.165, 1.54) is 11.3 Å². The zero-order valence-electron chi connectivity index (χ0n) is 13.7. The molecule has 25 heavy (non-hydrogen) atoms. The first kappa shape index (κ1) is 17.8. The summed E-state index contributed by atoms with van der Waals surface area (Å²) in [4.78, 5) is 1.89. The van der Waals surface area contributed by atoms with E-state index in [2.05, 4.69) is 4.72 Å². The first-order valence-corrected chi connectivity index (χ1v) is 10.1. The minimum atomic E-state index is -3.55. The molecule has 0 saturated heterocycles. The van der Waals surface area contributed by atoms with Gasteiger partial charge in [0, 0.05) is 16.3 Å². The average Bonchev–Trinajstić information content (AvgIpc) is 3.09. The summed E-state index contributed by atoms with van der Waals surface area (Å²) in [5, 5.41) is 10.4. The van der Waals surface area contributed by atoms with Crippen LogP contribution >= 0.6 is 11.3 Å². The van der Waals surface area contributed by atoms with Crippen molar-refractivity contribution < 1.29 is 13.5 Å². The SMILES string of the molecule is Cc1cccc(S(=O)(=O)NCc2ccc(C(O)c3ccccc3)s2)c1. The fourth-order valence-electron chi connectivity index (χ4n) is 2.47. The molecule has 0 aliphatic heterocycles. The van der Waals surface area contributed by atoms with Crippen molar-refractivity contribution in [3.63, 3.8) is 0 Å². The van der Waals surface area contributed by atoms with Gasteiger partial charge in [0.2, 0.25) is 10.0 Å². The van der Waals surface area contributed by atoms with Crippen molar-refractivity contribution >= 4 is 21.4 Å². The topological polar surface area (TPSA) is 66.4 Å². The Morgan fingerprint density at radius 1 is 1.04 bits per heavy atom. The van der Waals surface area contributed by atoms with Gasteiger partial charge in [-0.1, -0.05) is 42.5 Å². The maximum Gasteiger partial charge on any atom is 0.240 e. The van der Waals surface area contributed by atoms with E-state index in [0.717, 1.165) is 20.9 Å². The lowest BCUT2D eigenvalue weighted by atomic mass is 10.1. The normalized spacial score (nSPS) is 12.9. The largest absolute Gasteiger partial charge is 0.383 e. The lowest BCUT2D eigenvalue weighted by molar-refractivity contribution is 0.224. The van der Waals surface area contributed by atoms with E-state index in [1.54, 1.807) is 18.2 Å². The predicted molar refractivity (Wildman–Crippen MR) is 100 cm³/mol. The summed E-state index contributed by atoms with van der Waals surface area (Å²) in [6.45, 7) is 2.05. The number of sulfonamides is 1. The molecule has 6 heteroatoms. The first-order valence-electron chi connectivity index (χ1n) is 7.84. The highest BCUT2D eigenvalue weighted by Crippen LogP contribution is 2.28. The van der Waals surface area contributed by atoms with Crippen LogP contribution in [0.25, 0.3) is 0 Å². The van der Waals surface area contributed by atoms with Crippen LogP contribution in [0.5, 0.6) is 0 Å². The van der Waals surface area contributed by atoms with Crippen LogP contribution in [-0.4, -0.2) is 13.5 Å². The maximum absolute atomic E-state index is 12.4. The summed E-state index contributed by atoms with van der Waals surface area (Å²) in [5.41, 5.74) is 1.71. The number of aliphatic hydroxyl groups is 1. The Morgan fingerprint density at radius 2 is 1.80 bits per heavy atom. The quantitative estimate of drug-likeness (QED) is 0.694. The molecule has 3 aromatic rings. The molecule has 0 fully saturated rings. The maximum atomic E-state index is 12.4. The summed E-state index contributed by atoms with van der Waals surface area (Å²) in [5.74, 6) is 0. The van der Waals surface area contributed by atoms with Gasteiger partial charge in [0.05, 0.1) is 4.90 Å². The predicted octanol–water partition coefficient (Wildman–Crippen LogP) is 3.62. The molecule has 1 atom stereocenters. The van der Waals surface area contributed by atoms with Gasteiger partial charge in [-0.3, -0.25) is 0 Å². The van der Waals surface area contributed by atoms with Gasteiger partial charge >= 0.3 is 0 Å². The second-order valence-electron chi connectivity index (χ2n) is 5.76. The minimum Gasteiger partial charge on any atom is -0.383 e. The molecule has 1 unspecified atom stereocenters. The van der Waals surface area contributed by atoms with Gasteiger partial charge in [0.1, 0.15) is 6.10 Å². The van der Waals surface area contributed by atoms with Gasteiger partial charge in [0.15, 0.2) is 0 Å². The van der Waals surface area contributed by atoms with Crippen molar-refractivity contribution in [1.29, 1.82) is 0 Å². The first-order chi connectivity index (χ1) is 12.0. The third kappa shape index (κ3) is 4.35. The summed E-state index contributed by atoms with van der Waals surface area (Å²) in [7, 11) is -3.55. The van der Waals surface area contributed by atoms with Gasteiger partial charge in [-0.05, 0) is 42.3 Å².